The minimum atomic E-state index is -0.144. The number of halogens is 1. The number of aryl methyl sites for hydroxylation is 1. The van der Waals surface area contributed by atoms with Crippen LogP contribution in [0, 0.1) is 5.82 Å². The maximum Gasteiger partial charge on any atom is 0.123 e. The van der Waals surface area contributed by atoms with E-state index >= 15 is 0 Å². The van der Waals surface area contributed by atoms with Gasteiger partial charge < -0.3 is 9.53 Å². The molecular weight excluding hydrogens is 259 g/mol. The molecule has 0 fully saturated rings. The van der Waals surface area contributed by atoms with Crippen molar-refractivity contribution in [2.24, 2.45) is 5.84 Å². The summed E-state index contributed by atoms with van der Waals surface area (Å²) in [6, 6.07) is 6.66. The number of methoxy groups -OCH3 is 1. The van der Waals surface area contributed by atoms with Gasteiger partial charge in [0, 0.05) is 20.2 Å². The van der Waals surface area contributed by atoms with Gasteiger partial charge in [0.05, 0.1) is 6.61 Å². The van der Waals surface area contributed by atoms with E-state index in [0.29, 0.717) is 0 Å². The number of carbonyl (C=O) groups excluding carboxylic acids is 1. The second-order valence-electron chi connectivity index (χ2n) is 4.01. The number of hydrazine groups is 1. The maximum absolute atomic E-state index is 12.4. The van der Waals surface area contributed by atoms with Crippen molar-refractivity contribution in [3.8, 4) is 0 Å². The van der Waals surface area contributed by atoms with Gasteiger partial charge in [0.25, 0.3) is 0 Å². The Morgan fingerprint density at radius 1 is 1.30 bits per heavy atom. The molecule has 1 aromatic carbocycles. The fraction of sp³-hybridized carbons (Fsp3) is 0.533. The van der Waals surface area contributed by atoms with Gasteiger partial charge >= 0.3 is 0 Å². The zero-order valence-electron chi connectivity index (χ0n) is 12.8. The average molecular weight is 286 g/mol. The van der Waals surface area contributed by atoms with Crippen molar-refractivity contribution in [3.63, 3.8) is 0 Å². The van der Waals surface area contributed by atoms with Crippen LogP contribution in [-0.4, -0.2) is 38.6 Å². The molecule has 0 saturated carbocycles. The highest BCUT2D eigenvalue weighted by atomic mass is 19.1. The normalized spacial score (nSPS) is 9.30. The zero-order chi connectivity index (χ0) is 15.8. The van der Waals surface area contributed by atoms with Gasteiger partial charge in [-0.3, -0.25) is 5.84 Å². The molecule has 4 nitrogen and oxygen atoms in total. The van der Waals surface area contributed by atoms with E-state index in [4.69, 9.17) is 15.4 Å². The Balaban J connectivity index is 0. The quantitative estimate of drug-likeness (QED) is 0.644. The molecule has 0 amide bonds. The third-order valence-electron chi connectivity index (χ3n) is 2.39. The summed E-state index contributed by atoms with van der Waals surface area (Å²) in [4.78, 5) is 8.00. The first-order valence-corrected chi connectivity index (χ1v) is 6.65. The molecule has 0 aliphatic heterocycles. The molecule has 5 heteroatoms. The van der Waals surface area contributed by atoms with Crippen molar-refractivity contribution in [2.75, 3.05) is 26.8 Å². The van der Waals surface area contributed by atoms with Crippen LogP contribution in [0.4, 0.5) is 4.39 Å². The van der Waals surface area contributed by atoms with E-state index in [2.05, 4.69) is 6.92 Å². The SMILES string of the molecule is C=O.CCCN(N)CCOC.CCc1cccc(F)c1. The minimum Gasteiger partial charge on any atom is -0.383 e. The first-order chi connectivity index (χ1) is 9.63. The Kier molecular flexibility index (Phi) is 16.5. The number of hydrogen-bond donors (Lipinski definition) is 1. The van der Waals surface area contributed by atoms with Gasteiger partial charge in [0.2, 0.25) is 0 Å². The molecule has 1 aromatic rings. The Morgan fingerprint density at radius 2 is 1.95 bits per heavy atom. The predicted molar refractivity (Wildman–Crippen MR) is 80.8 cm³/mol. The largest absolute Gasteiger partial charge is 0.383 e. The number of hydrogen-bond acceptors (Lipinski definition) is 4. The van der Waals surface area contributed by atoms with E-state index in [1.54, 1.807) is 24.3 Å². The lowest BCUT2D eigenvalue weighted by Crippen LogP contribution is -2.34. The first kappa shape index (κ1) is 21.0. The van der Waals surface area contributed by atoms with Crippen LogP contribution in [-0.2, 0) is 16.0 Å². The molecule has 0 bridgehead atoms. The van der Waals surface area contributed by atoms with Crippen molar-refractivity contribution in [2.45, 2.75) is 26.7 Å². The second-order valence-corrected chi connectivity index (χ2v) is 4.01. The molecule has 0 aromatic heterocycles. The van der Waals surface area contributed by atoms with Crippen LogP contribution in [0.5, 0.6) is 0 Å². The lowest BCUT2D eigenvalue weighted by atomic mass is 10.2. The van der Waals surface area contributed by atoms with Crippen molar-refractivity contribution in [1.29, 1.82) is 0 Å². The van der Waals surface area contributed by atoms with E-state index in [9.17, 15) is 4.39 Å². The molecule has 0 aliphatic rings. The maximum atomic E-state index is 12.4. The molecule has 0 unspecified atom stereocenters. The van der Waals surface area contributed by atoms with E-state index in [0.717, 1.165) is 38.1 Å². The summed E-state index contributed by atoms with van der Waals surface area (Å²) in [6.45, 7) is 8.60. The van der Waals surface area contributed by atoms with Crippen LogP contribution in [0.15, 0.2) is 24.3 Å². The smallest absolute Gasteiger partial charge is 0.123 e. The number of nitrogens with two attached hydrogens (primary N) is 1. The van der Waals surface area contributed by atoms with E-state index in [1.807, 2.05) is 19.8 Å². The zero-order valence-corrected chi connectivity index (χ0v) is 12.8. The van der Waals surface area contributed by atoms with Gasteiger partial charge in [0.15, 0.2) is 0 Å². The van der Waals surface area contributed by atoms with Crippen molar-refractivity contribution in [1.82, 2.24) is 5.01 Å². The minimum absolute atomic E-state index is 0.144. The number of nitrogens with zero attached hydrogens (tertiary/aromatic N) is 1. The van der Waals surface area contributed by atoms with Gasteiger partial charge in [-0.15, -0.1) is 0 Å². The summed E-state index contributed by atoms with van der Waals surface area (Å²) in [5.74, 6) is 5.38. The Bertz CT molecular complexity index is 324. The van der Waals surface area contributed by atoms with E-state index in [-0.39, 0.29) is 5.82 Å². The molecule has 0 saturated heterocycles. The number of ether oxygens (including phenoxy) is 1. The van der Waals surface area contributed by atoms with Gasteiger partial charge in [-0.05, 0) is 30.5 Å². The Hall–Kier alpha value is -1.30. The van der Waals surface area contributed by atoms with Crippen LogP contribution in [0.2, 0.25) is 0 Å². The monoisotopic (exact) mass is 286 g/mol. The molecule has 20 heavy (non-hydrogen) atoms. The molecule has 116 valence electrons. The first-order valence-electron chi connectivity index (χ1n) is 6.65. The molecule has 1 rings (SSSR count). The van der Waals surface area contributed by atoms with Crippen molar-refractivity contribution < 1.29 is 13.9 Å². The third-order valence-corrected chi connectivity index (χ3v) is 2.39. The predicted octanol–water partition coefficient (Wildman–Crippen LogP) is 2.42. The summed E-state index contributed by atoms with van der Waals surface area (Å²) in [5, 5.41) is 1.77. The van der Waals surface area contributed by atoms with Crippen LogP contribution in [0.1, 0.15) is 25.8 Å². The third kappa shape index (κ3) is 13.1. The van der Waals surface area contributed by atoms with Gasteiger partial charge in [-0.2, -0.15) is 0 Å². The molecule has 0 atom stereocenters. The molecule has 0 aliphatic carbocycles. The summed E-state index contributed by atoms with van der Waals surface area (Å²) in [5.41, 5.74) is 1.05. The number of rotatable bonds is 6. The van der Waals surface area contributed by atoms with Crippen LogP contribution >= 0.6 is 0 Å². The molecule has 0 spiro atoms. The summed E-state index contributed by atoms with van der Waals surface area (Å²) < 4.78 is 17.2. The lowest BCUT2D eigenvalue weighted by molar-refractivity contribution is -0.0979. The molecular formula is C15H27FN2O2. The topological polar surface area (TPSA) is 55.6 Å². The highest BCUT2D eigenvalue weighted by Crippen LogP contribution is 2.02. The molecule has 0 heterocycles. The van der Waals surface area contributed by atoms with Crippen LogP contribution < -0.4 is 5.84 Å². The van der Waals surface area contributed by atoms with E-state index < -0.39 is 0 Å². The average Bonchev–Trinajstić information content (AvgIpc) is 2.48. The Morgan fingerprint density at radius 3 is 2.35 bits per heavy atom. The van der Waals surface area contributed by atoms with Gasteiger partial charge in [0.1, 0.15) is 12.6 Å². The fourth-order valence-electron chi connectivity index (χ4n) is 1.36. The van der Waals surface area contributed by atoms with Crippen LogP contribution in [0.3, 0.4) is 0 Å². The summed E-state index contributed by atoms with van der Waals surface area (Å²) in [6.07, 6.45) is 2.00. The summed E-state index contributed by atoms with van der Waals surface area (Å²) in [7, 11) is 1.68. The molecule has 0 radical (unpaired) electrons. The number of carbonyl (C=O) groups is 1. The highest BCUT2D eigenvalue weighted by molar-refractivity contribution is 5.15. The highest BCUT2D eigenvalue weighted by Gasteiger charge is 1.93. The van der Waals surface area contributed by atoms with E-state index in [1.165, 1.54) is 6.07 Å². The van der Waals surface area contributed by atoms with Gasteiger partial charge in [-0.25, -0.2) is 9.40 Å². The second kappa shape index (κ2) is 15.8. The lowest BCUT2D eigenvalue weighted by Gasteiger charge is -2.13. The Labute approximate surface area is 121 Å². The van der Waals surface area contributed by atoms with Crippen LogP contribution in [0.25, 0.3) is 0 Å². The van der Waals surface area contributed by atoms with Crippen molar-refractivity contribution in [3.05, 3.63) is 35.6 Å². The van der Waals surface area contributed by atoms with Crippen molar-refractivity contribution >= 4 is 6.79 Å². The number of benzene rings is 1. The standard InChI is InChI=1S/C8H9F.C6H16N2O.CH2O/c1-2-7-4-3-5-8(9)6-7;1-3-4-8(7)5-6-9-2;1-2/h3-6H,2H2,1H3;3-7H2,1-2H3;1H2. The fourth-order valence-corrected chi connectivity index (χ4v) is 1.36. The van der Waals surface area contributed by atoms with Gasteiger partial charge in [-0.1, -0.05) is 26.0 Å². The summed E-state index contributed by atoms with van der Waals surface area (Å²) >= 11 is 0. The molecule has 2 N–H and O–H groups in total.